The van der Waals surface area contributed by atoms with Crippen LogP contribution in [-0.4, -0.2) is 31.0 Å². The van der Waals surface area contributed by atoms with Crippen LogP contribution in [0.15, 0.2) is 29.3 Å². The number of aliphatic imine (C=N–C) groups is 1. The van der Waals surface area contributed by atoms with Crippen LogP contribution in [0.5, 0.6) is 0 Å². The van der Waals surface area contributed by atoms with E-state index in [4.69, 9.17) is 6.42 Å². The zero-order chi connectivity index (χ0) is 12.1. The molecule has 0 aromatic heterocycles. The molecule has 2 rings (SSSR count). The predicted molar refractivity (Wildman–Crippen MR) is 86.2 cm³/mol. The van der Waals surface area contributed by atoms with Gasteiger partial charge in [-0.3, -0.25) is 4.99 Å². The van der Waals surface area contributed by atoms with Crippen molar-refractivity contribution < 1.29 is 0 Å². The van der Waals surface area contributed by atoms with Crippen molar-refractivity contribution in [1.82, 2.24) is 10.2 Å². The summed E-state index contributed by atoms with van der Waals surface area (Å²) in [6, 6.07) is 8.56. The Hall–Kier alpha value is -1.22. The molecule has 0 bridgehead atoms. The topological polar surface area (TPSA) is 27.6 Å². The van der Waals surface area contributed by atoms with Crippen LogP contribution in [0.3, 0.4) is 0 Å². The summed E-state index contributed by atoms with van der Waals surface area (Å²) in [6.07, 6.45) is 6.31. The van der Waals surface area contributed by atoms with Crippen molar-refractivity contribution in [2.24, 2.45) is 4.99 Å². The van der Waals surface area contributed by atoms with Crippen LogP contribution >= 0.6 is 24.0 Å². The fourth-order valence-electron chi connectivity index (χ4n) is 2.14. The average Bonchev–Trinajstić information content (AvgIpc) is 2.39. The summed E-state index contributed by atoms with van der Waals surface area (Å²) in [5, 5.41) is 3.16. The molecule has 3 nitrogen and oxygen atoms in total. The second kappa shape index (κ2) is 7.27. The highest BCUT2D eigenvalue weighted by Crippen LogP contribution is 2.18. The Bertz CT molecular complexity index is 462. The lowest BCUT2D eigenvalue weighted by atomic mass is 10.0. The van der Waals surface area contributed by atoms with Crippen LogP contribution in [0.25, 0.3) is 0 Å². The minimum atomic E-state index is 0. The zero-order valence-corrected chi connectivity index (χ0v) is 12.8. The number of guanidine groups is 1. The summed E-state index contributed by atoms with van der Waals surface area (Å²) < 4.78 is 0. The van der Waals surface area contributed by atoms with Crippen molar-refractivity contribution in [2.45, 2.75) is 13.0 Å². The molecule has 0 fully saturated rings. The Kier molecular flexibility index (Phi) is 5.99. The van der Waals surface area contributed by atoms with E-state index in [2.05, 4.69) is 45.4 Å². The third-order valence-electron chi connectivity index (χ3n) is 2.99. The number of terminal acetylenes is 1. The molecule has 0 unspecified atom stereocenters. The summed E-state index contributed by atoms with van der Waals surface area (Å²) in [7, 11) is 1.79. The van der Waals surface area contributed by atoms with E-state index < -0.39 is 0 Å². The van der Waals surface area contributed by atoms with Crippen LogP contribution < -0.4 is 5.32 Å². The molecule has 18 heavy (non-hydrogen) atoms. The van der Waals surface area contributed by atoms with Gasteiger partial charge in [0.05, 0.1) is 6.54 Å². The van der Waals surface area contributed by atoms with E-state index >= 15 is 0 Å². The normalized spacial score (nSPS) is 14.2. The van der Waals surface area contributed by atoms with E-state index in [0.29, 0.717) is 6.54 Å². The molecule has 0 saturated heterocycles. The molecule has 0 saturated carbocycles. The number of hydrogen-bond acceptors (Lipinski definition) is 1. The fraction of sp³-hybridized carbons (Fsp3) is 0.357. The largest absolute Gasteiger partial charge is 0.345 e. The van der Waals surface area contributed by atoms with Gasteiger partial charge in [-0.05, 0) is 17.5 Å². The van der Waals surface area contributed by atoms with E-state index in [1.54, 1.807) is 7.05 Å². The highest BCUT2D eigenvalue weighted by molar-refractivity contribution is 14.0. The van der Waals surface area contributed by atoms with E-state index in [1.165, 1.54) is 11.1 Å². The Balaban J connectivity index is 0.00000162. The average molecular weight is 355 g/mol. The number of hydrogen-bond donors (Lipinski definition) is 1. The third-order valence-corrected chi connectivity index (χ3v) is 2.99. The first-order valence-corrected chi connectivity index (χ1v) is 5.81. The van der Waals surface area contributed by atoms with Crippen LogP contribution in [0.4, 0.5) is 0 Å². The molecular formula is C14H18IN3. The Morgan fingerprint density at radius 1 is 1.44 bits per heavy atom. The minimum Gasteiger partial charge on any atom is -0.345 e. The lowest BCUT2D eigenvalue weighted by Crippen LogP contribution is -2.44. The van der Waals surface area contributed by atoms with Gasteiger partial charge in [0.2, 0.25) is 0 Å². The zero-order valence-electron chi connectivity index (χ0n) is 10.5. The molecule has 4 heteroatoms. The predicted octanol–water partition coefficient (Wildman–Crippen LogP) is 1.87. The van der Waals surface area contributed by atoms with Gasteiger partial charge in [0.15, 0.2) is 5.96 Å². The van der Waals surface area contributed by atoms with E-state index in [9.17, 15) is 0 Å². The molecule has 0 amide bonds. The van der Waals surface area contributed by atoms with E-state index in [1.807, 2.05) is 0 Å². The molecule has 1 aromatic rings. The van der Waals surface area contributed by atoms with Crippen LogP contribution in [0.2, 0.25) is 0 Å². The smallest absolute Gasteiger partial charge is 0.194 e. The number of fused-ring (bicyclic) bond motifs is 1. The molecule has 1 heterocycles. The van der Waals surface area contributed by atoms with E-state index in [0.717, 1.165) is 25.5 Å². The molecule has 0 atom stereocenters. The SMILES string of the molecule is C#CCNC(=NC)N1CCc2ccccc2C1.I. The summed E-state index contributed by atoms with van der Waals surface area (Å²) in [6.45, 7) is 2.41. The van der Waals surface area contributed by atoms with Crippen molar-refractivity contribution in [3.8, 4) is 12.3 Å². The van der Waals surface area contributed by atoms with Gasteiger partial charge in [-0.15, -0.1) is 30.4 Å². The second-order valence-corrected chi connectivity index (χ2v) is 4.05. The monoisotopic (exact) mass is 355 g/mol. The highest BCUT2D eigenvalue weighted by atomic mass is 127. The van der Waals surface area contributed by atoms with Gasteiger partial charge in [-0.1, -0.05) is 30.2 Å². The van der Waals surface area contributed by atoms with Gasteiger partial charge in [0.1, 0.15) is 0 Å². The molecule has 0 radical (unpaired) electrons. The first-order chi connectivity index (χ1) is 8.35. The van der Waals surface area contributed by atoms with Crippen molar-refractivity contribution in [3.63, 3.8) is 0 Å². The van der Waals surface area contributed by atoms with E-state index in [-0.39, 0.29) is 24.0 Å². The van der Waals surface area contributed by atoms with Gasteiger partial charge in [-0.25, -0.2) is 0 Å². The molecular weight excluding hydrogens is 337 g/mol. The Morgan fingerprint density at radius 2 is 2.17 bits per heavy atom. The highest BCUT2D eigenvalue weighted by Gasteiger charge is 2.17. The first-order valence-electron chi connectivity index (χ1n) is 5.81. The van der Waals surface area contributed by atoms with Crippen molar-refractivity contribution in [3.05, 3.63) is 35.4 Å². The third kappa shape index (κ3) is 3.39. The summed E-state index contributed by atoms with van der Waals surface area (Å²) >= 11 is 0. The maximum atomic E-state index is 5.25. The summed E-state index contributed by atoms with van der Waals surface area (Å²) in [5.74, 6) is 3.46. The molecule has 1 aliphatic heterocycles. The van der Waals surface area contributed by atoms with Crippen molar-refractivity contribution >= 4 is 29.9 Å². The molecule has 1 aliphatic rings. The summed E-state index contributed by atoms with van der Waals surface area (Å²) in [4.78, 5) is 6.49. The quantitative estimate of drug-likeness (QED) is 0.361. The number of nitrogens with one attached hydrogen (secondary N) is 1. The summed E-state index contributed by atoms with van der Waals surface area (Å²) in [5.41, 5.74) is 2.82. The first kappa shape index (κ1) is 14.8. The van der Waals surface area contributed by atoms with Gasteiger partial charge in [0, 0.05) is 20.1 Å². The van der Waals surface area contributed by atoms with Gasteiger partial charge in [0.25, 0.3) is 0 Å². The fourth-order valence-corrected chi connectivity index (χ4v) is 2.14. The number of halogens is 1. The van der Waals surface area contributed by atoms with Gasteiger partial charge >= 0.3 is 0 Å². The van der Waals surface area contributed by atoms with Crippen LogP contribution in [0.1, 0.15) is 11.1 Å². The molecule has 0 aliphatic carbocycles. The standard InChI is InChI=1S/C14H17N3.HI/c1-3-9-16-14(15-2)17-10-8-12-6-4-5-7-13(12)11-17;/h1,4-7H,8-11H2,2H3,(H,15,16);1H. The molecule has 0 spiro atoms. The van der Waals surface area contributed by atoms with Crippen molar-refractivity contribution in [1.29, 1.82) is 0 Å². The van der Waals surface area contributed by atoms with Crippen molar-refractivity contribution in [2.75, 3.05) is 20.1 Å². The van der Waals surface area contributed by atoms with Gasteiger partial charge in [-0.2, -0.15) is 0 Å². The van der Waals surface area contributed by atoms with Gasteiger partial charge < -0.3 is 10.2 Å². The number of benzene rings is 1. The lowest BCUT2D eigenvalue weighted by molar-refractivity contribution is 0.381. The maximum Gasteiger partial charge on any atom is 0.194 e. The number of rotatable bonds is 1. The molecule has 1 N–H and O–H groups in total. The molecule has 1 aromatic carbocycles. The molecule has 96 valence electrons. The Labute approximate surface area is 126 Å². The van der Waals surface area contributed by atoms with Crippen LogP contribution in [-0.2, 0) is 13.0 Å². The maximum absolute atomic E-state index is 5.25. The Morgan fingerprint density at radius 3 is 2.83 bits per heavy atom. The number of nitrogens with zero attached hydrogens (tertiary/aromatic N) is 2. The lowest BCUT2D eigenvalue weighted by Gasteiger charge is -2.31. The minimum absolute atomic E-state index is 0. The second-order valence-electron chi connectivity index (χ2n) is 4.05. The van der Waals surface area contributed by atoms with Crippen LogP contribution in [0, 0.1) is 12.3 Å².